The summed E-state index contributed by atoms with van der Waals surface area (Å²) in [6.07, 6.45) is -0.385. The van der Waals surface area contributed by atoms with Crippen LogP contribution in [0.3, 0.4) is 0 Å². The van der Waals surface area contributed by atoms with E-state index in [4.69, 9.17) is 4.74 Å². The van der Waals surface area contributed by atoms with Crippen molar-refractivity contribution in [3.8, 4) is 0 Å². The summed E-state index contributed by atoms with van der Waals surface area (Å²) in [5.41, 5.74) is 0.632. The molecule has 0 aliphatic rings. The topological polar surface area (TPSA) is 38.3 Å². The van der Waals surface area contributed by atoms with Gasteiger partial charge in [-0.3, -0.25) is 0 Å². The van der Waals surface area contributed by atoms with E-state index in [1.807, 2.05) is 52.0 Å². The zero-order valence-electron chi connectivity index (χ0n) is 10.6. The van der Waals surface area contributed by atoms with Crippen LogP contribution in [-0.4, -0.2) is 11.7 Å². The molecule has 0 aliphatic heterocycles. The molecular formula is C13H18INO2. The molecule has 3 nitrogen and oxygen atoms in total. The first-order valence-corrected chi connectivity index (χ1v) is 6.61. The third-order valence-electron chi connectivity index (χ3n) is 2.10. The molecule has 1 atom stereocenters. The average Bonchev–Trinajstić information content (AvgIpc) is 2.14. The number of benzene rings is 1. The Morgan fingerprint density at radius 2 is 1.94 bits per heavy atom. The smallest absolute Gasteiger partial charge is 0.408 e. The van der Waals surface area contributed by atoms with Crippen molar-refractivity contribution in [1.82, 2.24) is 5.32 Å². The van der Waals surface area contributed by atoms with Crippen molar-refractivity contribution in [3.05, 3.63) is 33.4 Å². The summed E-state index contributed by atoms with van der Waals surface area (Å²) in [5.74, 6) is 0. The van der Waals surface area contributed by atoms with Gasteiger partial charge in [0, 0.05) is 3.57 Å². The third-order valence-corrected chi connectivity index (χ3v) is 3.09. The first-order valence-electron chi connectivity index (χ1n) is 5.53. The second-order valence-electron chi connectivity index (χ2n) is 4.89. The second-order valence-corrected chi connectivity index (χ2v) is 6.05. The highest BCUT2D eigenvalue weighted by molar-refractivity contribution is 14.1. The van der Waals surface area contributed by atoms with Gasteiger partial charge in [-0.05, 0) is 61.9 Å². The molecule has 0 heterocycles. The zero-order chi connectivity index (χ0) is 13.1. The van der Waals surface area contributed by atoms with Gasteiger partial charge >= 0.3 is 6.09 Å². The average molecular weight is 347 g/mol. The lowest BCUT2D eigenvalue weighted by Crippen LogP contribution is -2.34. The van der Waals surface area contributed by atoms with Crippen LogP contribution in [0.4, 0.5) is 4.79 Å². The number of amides is 1. The van der Waals surface area contributed by atoms with Gasteiger partial charge in [-0.1, -0.05) is 18.2 Å². The van der Waals surface area contributed by atoms with Crippen LogP contribution in [-0.2, 0) is 4.74 Å². The van der Waals surface area contributed by atoms with E-state index >= 15 is 0 Å². The van der Waals surface area contributed by atoms with Crippen molar-refractivity contribution >= 4 is 28.7 Å². The molecule has 0 spiro atoms. The largest absolute Gasteiger partial charge is 0.444 e. The number of hydrogen-bond acceptors (Lipinski definition) is 2. The highest BCUT2D eigenvalue weighted by Gasteiger charge is 2.18. The van der Waals surface area contributed by atoms with Crippen molar-refractivity contribution < 1.29 is 9.53 Å². The van der Waals surface area contributed by atoms with E-state index in [-0.39, 0.29) is 12.1 Å². The SMILES string of the molecule is C[C@H](NC(=O)OC(C)(C)C)c1ccccc1I. The number of rotatable bonds is 2. The Kier molecular flexibility index (Phi) is 4.80. The first kappa shape index (κ1) is 14.3. The predicted molar refractivity (Wildman–Crippen MR) is 76.9 cm³/mol. The number of hydrogen-bond donors (Lipinski definition) is 1. The lowest BCUT2D eigenvalue weighted by molar-refractivity contribution is 0.0508. The normalized spacial score (nSPS) is 13.0. The number of ether oxygens (including phenoxy) is 1. The van der Waals surface area contributed by atoms with E-state index in [0.717, 1.165) is 9.13 Å². The minimum atomic E-state index is -0.465. The highest BCUT2D eigenvalue weighted by Crippen LogP contribution is 2.19. The molecule has 1 aromatic carbocycles. The van der Waals surface area contributed by atoms with Crippen LogP contribution in [0.25, 0.3) is 0 Å². The van der Waals surface area contributed by atoms with Crippen LogP contribution in [0.5, 0.6) is 0 Å². The minimum absolute atomic E-state index is 0.0575. The molecule has 0 radical (unpaired) electrons. The molecule has 0 saturated carbocycles. The first-order chi connectivity index (χ1) is 7.79. The molecule has 1 rings (SSSR count). The van der Waals surface area contributed by atoms with E-state index in [1.54, 1.807) is 0 Å². The van der Waals surface area contributed by atoms with E-state index in [1.165, 1.54) is 0 Å². The Labute approximate surface area is 116 Å². The maximum absolute atomic E-state index is 11.6. The molecule has 1 N–H and O–H groups in total. The number of carbonyl (C=O) groups is 1. The molecule has 4 heteroatoms. The van der Waals surface area contributed by atoms with Crippen LogP contribution >= 0.6 is 22.6 Å². The van der Waals surface area contributed by atoms with Gasteiger partial charge in [0.1, 0.15) is 5.60 Å². The molecule has 0 aromatic heterocycles. The fourth-order valence-electron chi connectivity index (χ4n) is 1.39. The van der Waals surface area contributed by atoms with Crippen molar-refractivity contribution in [2.45, 2.75) is 39.3 Å². The van der Waals surface area contributed by atoms with Crippen LogP contribution in [0.2, 0.25) is 0 Å². The maximum Gasteiger partial charge on any atom is 0.408 e. The fourth-order valence-corrected chi connectivity index (χ4v) is 2.24. The summed E-state index contributed by atoms with van der Waals surface area (Å²) in [6.45, 7) is 7.50. The summed E-state index contributed by atoms with van der Waals surface area (Å²) in [4.78, 5) is 11.6. The van der Waals surface area contributed by atoms with Gasteiger partial charge < -0.3 is 10.1 Å². The van der Waals surface area contributed by atoms with Crippen molar-refractivity contribution in [1.29, 1.82) is 0 Å². The van der Waals surface area contributed by atoms with Gasteiger partial charge in [-0.15, -0.1) is 0 Å². The number of nitrogens with one attached hydrogen (secondary N) is 1. The lowest BCUT2D eigenvalue weighted by Gasteiger charge is -2.22. The van der Waals surface area contributed by atoms with Crippen molar-refractivity contribution in [2.75, 3.05) is 0 Å². The van der Waals surface area contributed by atoms with E-state index < -0.39 is 5.60 Å². The number of alkyl carbamates (subject to hydrolysis) is 1. The summed E-state index contributed by atoms with van der Waals surface area (Å²) in [6, 6.07) is 7.90. The molecule has 17 heavy (non-hydrogen) atoms. The quantitative estimate of drug-likeness (QED) is 0.825. The number of halogens is 1. The lowest BCUT2D eigenvalue weighted by atomic mass is 10.1. The fraction of sp³-hybridized carbons (Fsp3) is 0.462. The van der Waals surface area contributed by atoms with Gasteiger partial charge in [0.15, 0.2) is 0 Å². The summed E-state index contributed by atoms with van der Waals surface area (Å²) < 4.78 is 6.35. The summed E-state index contributed by atoms with van der Waals surface area (Å²) in [5, 5.41) is 2.83. The van der Waals surface area contributed by atoms with E-state index in [0.29, 0.717) is 0 Å². The molecule has 0 fully saturated rings. The van der Waals surface area contributed by atoms with Gasteiger partial charge in [0.05, 0.1) is 6.04 Å². The monoisotopic (exact) mass is 347 g/mol. The van der Waals surface area contributed by atoms with Crippen LogP contribution in [0.15, 0.2) is 24.3 Å². The Bertz CT molecular complexity index is 399. The minimum Gasteiger partial charge on any atom is -0.444 e. The molecule has 0 saturated heterocycles. The second kappa shape index (κ2) is 5.71. The predicted octanol–water partition coefficient (Wildman–Crippen LogP) is 3.88. The van der Waals surface area contributed by atoms with Crippen LogP contribution < -0.4 is 5.32 Å². The van der Waals surface area contributed by atoms with E-state index in [9.17, 15) is 4.79 Å². The molecule has 1 amide bonds. The molecular weight excluding hydrogens is 329 g/mol. The standard InChI is InChI=1S/C13H18INO2/c1-9(10-7-5-6-8-11(10)14)15-12(16)17-13(2,3)4/h5-9H,1-4H3,(H,15,16)/t9-/m0/s1. The summed E-state index contributed by atoms with van der Waals surface area (Å²) >= 11 is 2.26. The van der Waals surface area contributed by atoms with Gasteiger partial charge in [-0.25, -0.2) is 4.79 Å². The Morgan fingerprint density at radius 3 is 2.47 bits per heavy atom. The molecule has 94 valence electrons. The molecule has 1 aromatic rings. The van der Waals surface area contributed by atoms with Crippen LogP contribution in [0.1, 0.15) is 39.3 Å². The summed E-state index contributed by atoms with van der Waals surface area (Å²) in [7, 11) is 0. The van der Waals surface area contributed by atoms with Crippen molar-refractivity contribution in [3.63, 3.8) is 0 Å². The Hall–Kier alpha value is -0.780. The third kappa shape index (κ3) is 4.93. The number of carbonyl (C=O) groups excluding carboxylic acids is 1. The molecule has 0 bridgehead atoms. The van der Waals surface area contributed by atoms with Gasteiger partial charge in [0.2, 0.25) is 0 Å². The Morgan fingerprint density at radius 1 is 1.35 bits per heavy atom. The van der Waals surface area contributed by atoms with Gasteiger partial charge in [-0.2, -0.15) is 0 Å². The van der Waals surface area contributed by atoms with Crippen molar-refractivity contribution in [2.24, 2.45) is 0 Å². The van der Waals surface area contributed by atoms with E-state index in [2.05, 4.69) is 27.9 Å². The molecule has 0 unspecified atom stereocenters. The maximum atomic E-state index is 11.6. The Balaban J connectivity index is 2.64. The molecule has 0 aliphatic carbocycles. The zero-order valence-corrected chi connectivity index (χ0v) is 12.7. The van der Waals surface area contributed by atoms with Crippen LogP contribution in [0, 0.1) is 3.57 Å². The van der Waals surface area contributed by atoms with Gasteiger partial charge in [0.25, 0.3) is 0 Å². The highest BCUT2D eigenvalue weighted by atomic mass is 127.